The number of rotatable bonds is 3. The second kappa shape index (κ2) is 5.31. The van der Waals surface area contributed by atoms with E-state index < -0.39 is 21.9 Å². The summed E-state index contributed by atoms with van der Waals surface area (Å²) in [6.45, 7) is 0.198. The van der Waals surface area contributed by atoms with Gasteiger partial charge in [-0.25, -0.2) is 0 Å². The lowest BCUT2D eigenvalue weighted by Crippen LogP contribution is -2.25. The molecule has 1 aliphatic heterocycles. The number of hydrogen-bond acceptors (Lipinski definition) is 4. The fourth-order valence-electron chi connectivity index (χ4n) is 3.31. The first-order valence-corrected chi connectivity index (χ1v) is 9.10. The zero-order valence-corrected chi connectivity index (χ0v) is 13.4. The van der Waals surface area contributed by atoms with Gasteiger partial charge in [0.1, 0.15) is 11.2 Å². The van der Waals surface area contributed by atoms with Crippen LogP contribution in [-0.2, 0) is 15.0 Å². The molecular formula is C17H14FNO4S. The Balaban J connectivity index is 1.71. The number of para-hydroxylation sites is 1. The van der Waals surface area contributed by atoms with Gasteiger partial charge in [-0.1, -0.05) is 18.2 Å². The van der Waals surface area contributed by atoms with Crippen LogP contribution >= 0.6 is 0 Å². The highest BCUT2D eigenvalue weighted by molar-refractivity contribution is 7.86. The van der Waals surface area contributed by atoms with Crippen LogP contribution in [0, 0.1) is 5.92 Å². The fraction of sp³-hybridized carbons (Fsp3) is 0.235. The second-order valence-electron chi connectivity index (χ2n) is 6.06. The standard InChI is InChI=1S/C17H14FNO4S/c18-24(21,22)10-11-7-17(20)19(9-11)12-5-6-16-14(8-12)13-3-1-2-4-15(13)23-16/h1-6,8,11H,7,9-10H2. The van der Waals surface area contributed by atoms with E-state index in [2.05, 4.69) is 0 Å². The third kappa shape index (κ3) is 2.65. The predicted molar refractivity (Wildman–Crippen MR) is 89.1 cm³/mol. The average Bonchev–Trinajstić information content (AvgIpc) is 3.05. The minimum Gasteiger partial charge on any atom is -0.456 e. The number of carbonyl (C=O) groups is 1. The molecule has 0 bridgehead atoms. The van der Waals surface area contributed by atoms with Crippen LogP contribution in [0.1, 0.15) is 6.42 Å². The first-order valence-electron chi connectivity index (χ1n) is 7.55. The smallest absolute Gasteiger partial charge is 0.302 e. The zero-order chi connectivity index (χ0) is 16.9. The lowest BCUT2D eigenvalue weighted by molar-refractivity contribution is -0.117. The Labute approximate surface area is 137 Å². The maximum absolute atomic E-state index is 12.9. The highest BCUT2D eigenvalue weighted by atomic mass is 32.3. The van der Waals surface area contributed by atoms with E-state index in [1.807, 2.05) is 30.3 Å². The van der Waals surface area contributed by atoms with Gasteiger partial charge >= 0.3 is 10.2 Å². The van der Waals surface area contributed by atoms with Crippen molar-refractivity contribution in [3.63, 3.8) is 0 Å². The highest BCUT2D eigenvalue weighted by Gasteiger charge is 2.33. The van der Waals surface area contributed by atoms with Crippen molar-refractivity contribution >= 4 is 43.8 Å². The number of halogens is 1. The molecule has 1 aliphatic rings. The van der Waals surface area contributed by atoms with Crippen LogP contribution in [0.5, 0.6) is 0 Å². The topological polar surface area (TPSA) is 67.6 Å². The van der Waals surface area contributed by atoms with Gasteiger partial charge in [0.2, 0.25) is 5.91 Å². The molecule has 2 aromatic carbocycles. The lowest BCUT2D eigenvalue weighted by atomic mass is 10.1. The van der Waals surface area contributed by atoms with E-state index in [-0.39, 0.29) is 18.9 Å². The van der Waals surface area contributed by atoms with E-state index in [1.54, 1.807) is 12.1 Å². The molecule has 1 aromatic heterocycles. The molecule has 7 heteroatoms. The number of nitrogens with zero attached hydrogens (tertiary/aromatic N) is 1. The molecule has 1 unspecified atom stereocenters. The molecule has 0 N–H and O–H groups in total. The van der Waals surface area contributed by atoms with E-state index in [1.165, 1.54) is 4.90 Å². The molecule has 1 saturated heterocycles. The van der Waals surface area contributed by atoms with Crippen molar-refractivity contribution < 1.29 is 21.5 Å². The Kier molecular flexibility index (Phi) is 3.35. The molecule has 3 aromatic rings. The lowest BCUT2D eigenvalue weighted by Gasteiger charge is -2.16. The Morgan fingerprint density at radius 3 is 2.67 bits per heavy atom. The predicted octanol–water partition coefficient (Wildman–Crippen LogP) is 3.24. The number of benzene rings is 2. The minimum atomic E-state index is -4.59. The number of furan rings is 1. The molecule has 2 heterocycles. The number of carbonyl (C=O) groups excluding carboxylic acids is 1. The van der Waals surface area contributed by atoms with Gasteiger partial charge in [-0.3, -0.25) is 4.79 Å². The Morgan fingerprint density at radius 1 is 1.12 bits per heavy atom. The van der Waals surface area contributed by atoms with Crippen molar-refractivity contribution in [3.05, 3.63) is 42.5 Å². The summed E-state index contributed by atoms with van der Waals surface area (Å²) in [6.07, 6.45) is 0.0350. The third-order valence-electron chi connectivity index (χ3n) is 4.31. The van der Waals surface area contributed by atoms with E-state index in [0.717, 1.165) is 21.9 Å². The maximum atomic E-state index is 12.9. The Hall–Kier alpha value is -2.41. The molecule has 5 nitrogen and oxygen atoms in total. The monoisotopic (exact) mass is 347 g/mol. The van der Waals surface area contributed by atoms with Gasteiger partial charge in [0.05, 0.1) is 5.75 Å². The van der Waals surface area contributed by atoms with Crippen LogP contribution in [-0.4, -0.2) is 26.6 Å². The number of amides is 1. The Bertz CT molecular complexity index is 1060. The van der Waals surface area contributed by atoms with Crippen LogP contribution in [0.25, 0.3) is 21.9 Å². The molecule has 0 radical (unpaired) electrons. The van der Waals surface area contributed by atoms with Crippen LogP contribution in [0.4, 0.5) is 9.57 Å². The van der Waals surface area contributed by atoms with Crippen molar-refractivity contribution in [2.24, 2.45) is 5.92 Å². The van der Waals surface area contributed by atoms with E-state index in [4.69, 9.17) is 4.42 Å². The van der Waals surface area contributed by atoms with Crippen molar-refractivity contribution in [1.82, 2.24) is 0 Å². The van der Waals surface area contributed by atoms with Gasteiger partial charge in [-0.05, 0) is 24.3 Å². The molecule has 1 atom stereocenters. The molecular weight excluding hydrogens is 333 g/mol. The average molecular weight is 347 g/mol. The van der Waals surface area contributed by atoms with Gasteiger partial charge in [-0.2, -0.15) is 8.42 Å². The number of anilines is 1. The normalized spacial score (nSPS) is 18.8. The summed E-state index contributed by atoms with van der Waals surface area (Å²) in [7, 11) is -4.59. The summed E-state index contributed by atoms with van der Waals surface area (Å²) in [5.74, 6) is -1.34. The van der Waals surface area contributed by atoms with Crippen molar-refractivity contribution in [2.75, 3.05) is 17.2 Å². The molecule has 4 rings (SSSR count). The minimum absolute atomic E-state index is 0.0350. The van der Waals surface area contributed by atoms with Gasteiger partial charge < -0.3 is 9.32 Å². The first-order chi connectivity index (χ1) is 11.4. The molecule has 0 spiro atoms. The first kappa shape index (κ1) is 15.1. The molecule has 124 valence electrons. The summed E-state index contributed by atoms with van der Waals surface area (Å²) < 4.78 is 40.2. The number of fused-ring (bicyclic) bond motifs is 3. The number of hydrogen-bond donors (Lipinski definition) is 0. The maximum Gasteiger partial charge on any atom is 0.302 e. The summed E-state index contributed by atoms with van der Waals surface area (Å²) in [5, 5.41) is 1.83. The van der Waals surface area contributed by atoms with Crippen molar-refractivity contribution in [2.45, 2.75) is 6.42 Å². The second-order valence-corrected chi connectivity index (χ2v) is 7.47. The quantitative estimate of drug-likeness (QED) is 0.682. The molecule has 1 amide bonds. The Morgan fingerprint density at radius 2 is 1.88 bits per heavy atom. The SMILES string of the molecule is O=C1CC(CS(=O)(=O)F)CN1c1ccc2oc3ccccc3c2c1. The van der Waals surface area contributed by atoms with Crippen LogP contribution in [0.2, 0.25) is 0 Å². The molecule has 0 aliphatic carbocycles. The summed E-state index contributed by atoms with van der Waals surface area (Å²) in [4.78, 5) is 13.7. The summed E-state index contributed by atoms with van der Waals surface area (Å²) in [6, 6.07) is 13.0. The van der Waals surface area contributed by atoms with Crippen molar-refractivity contribution in [1.29, 1.82) is 0 Å². The molecule has 0 saturated carbocycles. The summed E-state index contributed by atoms with van der Waals surface area (Å²) in [5.41, 5.74) is 2.14. The van der Waals surface area contributed by atoms with E-state index >= 15 is 0 Å². The molecule has 24 heavy (non-hydrogen) atoms. The fourth-order valence-corrected chi connectivity index (χ4v) is 4.09. The van der Waals surface area contributed by atoms with Crippen LogP contribution in [0.15, 0.2) is 46.9 Å². The van der Waals surface area contributed by atoms with Gasteiger partial charge in [0, 0.05) is 35.3 Å². The summed E-state index contributed by atoms with van der Waals surface area (Å²) >= 11 is 0. The van der Waals surface area contributed by atoms with E-state index in [0.29, 0.717) is 5.69 Å². The third-order valence-corrected chi connectivity index (χ3v) is 5.18. The zero-order valence-electron chi connectivity index (χ0n) is 12.6. The van der Waals surface area contributed by atoms with Crippen LogP contribution in [0.3, 0.4) is 0 Å². The highest BCUT2D eigenvalue weighted by Crippen LogP contribution is 2.33. The van der Waals surface area contributed by atoms with Gasteiger partial charge in [0.15, 0.2) is 0 Å². The van der Waals surface area contributed by atoms with Gasteiger partial charge in [-0.15, -0.1) is 3.89 Å². The van der Waals surface area contributed by atoms with Gasteiger partial charge in [0.25, 0.3) is 0 Å². The van der Waals surface area contributed by atoms with E-state index in [9.17, 15) is 17.1 Å². The van der Waals surface area contributed by atoms with Crippen molar-refractivity contribution in [3.8, 4) is 0 Å². The van der Waals surface area contributed by atoms with Crippen LogP contribution < -0.4 is 4.90 Å². The molecule has 1 fully saturated rings. The largest absolute Gasteiger partial charge is 0.456 e.